The van der Waals surface area contributed by atoms with Gasteiger partial charge in [0.15, 0.2) is 11.5 Å². The summed E-state index contributed by atoms with van der Waals surface area (Å²) in [4.78, 5) is 0. The van der Waals surface area contributed by atoms with E-state index < -0.39 is 0 Å². The first-order chi connectivity index (χ1) is 9.35. The zero-order valence-electron chi connectivity index (χ0n) is 10.7. The molecule has 98 valence electrons. The monoisotopic (exact) mass is 256 g/mol. The summed E-state index contributed by atoms with van der Waals surface area (Å²) >= 11 is 0. The highest BCUT2D eigenvalue weighted by Crippen LogP contribution is 2.30. The molecule has 0 aliphatic rings. The highest BCUT2D eigenvalue weighted by Gasteiger charge is 2.09. The molecule has 0 heterocycles. The molecular formula is C15H16N2O2. The summed E-state index contributed by atoms with van der Waals surface area (Å²) in [5.74, 6) is 6.50. The maximum Gasteiger partial charge on any atom is 0.170 e. The summed E-state index contributed by atoms with van der Waals surface area (Å²) in [5.41, 5.74) is 1.88. The predicted octanol–water partition coefficient (Wildman–Crippen LogP) is 2.57. The molecule has 0 radical (unpaired) electrons. The topological polar surface area (TPSA) is 56.8 Å². The maximum atomic E-state index is 5.83. The van der Waals surface area contributed by atoms with Crippen molar-refractivity contribution >= 4 is 6.21 Å². The Morgan fingerprint density at radius 1 is 1.11 bits per heavy atom. The Morgan fingerprint density at radius 3 is 2.58 bits per heavy atom. The lowest BCUT2D eigenvalue weighted by Gasteiger charge is -2.13. The van der Waals surface area contributed by atoms with Crippen LogP contribution in [0.5, 0.6) is 11.5 Å². The standard InChI is InChI=1S/C15H16N2O2/c1-18-14-9-5-8-13(10-17-16)15(14)19-11-12-6-3-2-4-7-12/h2-10H,11,16H2,1H3. The number of rotatable bonds is 5. The van der Waals surface area contributed by atoms with Gasteiger partial charge in [0.2, 0.25) is 0 Å². The minimum absolute atomic E-state index is 0.465. The van der Waals surface area contributed by atoms with Gasteiger partial charge in [-0.05, 0) is 17.7 Å². The van der Waals surface area contributed by atoms with E-state index in [1.54, 1.807) is 13.3 Å². The number of nitrogens with zero attached hydrogens (tertiary/aromatic N) is 1. The molecule has 0 atom stereocenters. The van der Waals surface area contributed by atoms with Crippen LogP contribution in [0.1, 0.15) is 11.1 Å². The molecule has 2 aromatic carbocycles. The molecule has 0 saturated carbocycles. The van der Waals surface area contributed by atoms with Crippen molar-refractivity contribution in [1.29, 1.82) is 0 Å². The first-order valence-electron chi connectivity index (χ1n) is 5.92. The fourth-order valence-electron chi connectivity index (χ4n) is 1.76. The summed E-state index contributed by atoms with van der Waals surface area (Å²) in [7, 11) is 1.61. The zero-order valence-corrected chi connectivity index (χ0v) is 10.7. The number of hydrogen-bond donors (Lipinski definition) is 1. The largest absolute Gasteiger partial charge is 0.493 e. The van der Waals surface area contributed by atoms with Crippen LogP contribution >= 0.6 is 0 Å². The second-order valence-corrected chi connectivity index (χ2v) is 3.93. The Morgan fingerprint density at radius 2 is 1.89 bits per heavy atom. The SMILES string of the molecule is COc1cccc(C=NN)c1OCc1ccccc1. The number of nitrogens with two attached hydrogens (primary N) is 1. The van der Waals surface area contributed by atoms with Gasteiger partial charge in [0, 0.05) is 5.56 Å². The van der Waals surface area contributed by atoms with Gasteiger partial charge >= 0.3 is 0 Å². The number of hydrazone groups is 1. The van der Waals surface area contributed by atoms with Crippen LogP contribution in [0.25, 0.3) is 0 Å². The normalized spacial score (nSPS) is 10.6. The Balaban J connectivity index is 2.22. The second-order valence-electron chi connectivity index (χ2n) is 3.93. The number of hydrogen-bond acceptors (Lipinski definition) is 4. The first-order valence-corrected chi connectivity index (χ1v) is 5.92. The van der Waals surface area contributed by atoms with Crippen LogP contribution in [0.3, 0.4) is 0 Å². The van der Waals surface area contributed by atoms with E-state index in [4.69, 9.17) is 15.3 Å². The van der Waals surface area contributed by atoms with E-state index in [0.717, 1.165) is 11.1 Å². The average molecular weight is 256 g/mol. The maximum absolute atomic E-state index is 5.83. The molecule has 0 fully saturated rings. The number of para-hydroxylation sites is 1. The average Bonchev–Trinajstić information content (AvgIpc) is 2.47. The van der Waals surface area contributed by atoms with Crippen LogP contribution in [0.4, 0.5) is 0 Å². The van der Waals surface area contributed by atoms with Crippen molar-refractivity contribution in [2.45, 2.75) is 6.61 Å². The number of methoxy groups -OCH3 is 1. The molecular weight excluding hydrogens is 240 g/mol. The van der Waals surface area contributed by atoms with Gasteiger partial charge in [-0.3, -0.25) is 0 Å². The molecule has 0 bridgehead atoms. The van der Waals surface area contributed by atoms with Crippen molar-refractivity contribution in [1.82, 2.24) is 0 Å². The minimum atomic E-state index is 0.465. The van der Waals surface area contributed by atoms with Gasteiger partial charge in [-0.25, -0.2) is 0 Å². The molecule has 19 heavy (non-hydrogen) atoms. The van der Waals surface area contributed by atoms with Crippen molar-refractivity contribution in [2.75, 3.05) is 7.11 Å². The van der Waals surface area contributed by atoms with Gasteiger partial charge in [-0.2, -0.15) is 5.10 Å². The highest BCUT2D eigenvalue weighted by molar-refractivity contribution is 5.84. The first kappa shape index (κ1) is 13.0. The second kappa shape index (κ2) is 6.44. The van der Waals surface area contributed by atoms with E-state index in [-0.39, 0.29) is 0 Å². The van der Waals surface area contributed by atoms with Crippen molar-refractivity contribution in [3.8, 4) is 11.5 Å². The molecule has 0 amide bonds. The quantitative estimate of drug-likeness (QED) is 0.508. The van der Waals surface area contributed by atoms with Gasteiger partial charge in [-0.1, -0.05) is 36.4 Å². The summed E-state index contributed by atoms with van der Waals surface area (Å²) in [6, 6.07) is 15.5. The lowest BCUT2D eigenvalue weighted by Crippen LogP contribution is -2.01. The van der Waals surface area contributed by atoms with Crippen LogP contribution < -0.4 is 15.3 Å². The highest BCUT2D eigenvalue weighted by atomic mass is 16.5. The molecule has 0 aliphatic carbocycles. The van der Waals surface area contributed by atoms with Gasteiger partial charge in [-0.15, -0.1) is 0 Å². The van der Waals surface area contributed by atoms with Crippen LogP contribution in [0, 0.1) is 0 Å². The molecule has 0 saturated heterocycles. The summed E-state index contributed by atoms with van der Waals surface area (Å²) in [5, 5.41) is 3.54. The van der Waals surface area contributed by atoms with Gasteiger partial charge < -0.3 is 15.3 Å². The van der Waals surface area contributed by atoms with Crippen LogP contribution in [0.15, 0.2) is 53.6 Å². The molecule has 4 nitrogen and oxygen atoms in total. The number of benzene rings is 2. The third-order valence-corrected chi connectivity index (χ3v) is 2.67. The van der Waals surface area contributed by atoms with Crippen LogP contribution in [-0.2, 0) is 6.61 Å². The van der Waals surface area contributed by atoms with E-state index in [2.05, 4.69) is 5.10 Å². The van der Waals surface area contributed by atoms with Crippen LogP contribution in [-0.4, -0.2) is 13.3 Å². The molecule has 2 N–H and O–H groups in total. The summed E-state index contributed by atoms with van der Waals surface area (Å²) < 4.78 is 11.1. The van der Waals surface area contributed by atoms with Crippen molar-refractivity contribution < 1.29 is 9.47 Å². The van der Waals surface area contributed by atoms with Gasteiger partial charge in [0.1, 0.15) is 6.61 Å². The van der Waals surface area contributed by atoms with Crippen LogP contribution in [0.2, 0.25) is 0 Å². The van der Waals surface area contributed by atoms with Gasteiger partial charge in [0.25, 0.3) is 0 Å². The third kappa shape index (κ3) is 3.25. The van der Waals surface area contributed by atoms with Gasteiger partial charge in [0.05, 0.1) is 13.3 Å². The van der Waals surface area contributed by atoms with Crippen molar-refractivity contribution in [3.05, 3.63) is 59.7 Å². The van der Waals surface area contributed by atoms with E-state index in [1.807, 2.05) is 48.5 Å². The molecule has 0 unspecified atom stereocenters. The third-order valence-electron chi connectivity index (χ3n) is 2.67. The fraction of sp³-hybridized carbons (Fsp3) is 0.133. The summed E-state index contributed by atoms with van der Waals surface area (Å²) in [6.45, 7) is 0.465. The lowest BCUT2D eigenvalue weighted by molar-refractivity contribution is 0.284. The fourth-order valence-corrected chi connectivity index (χ4v) is 1.76. The molecule has 0 aliphatic heterocycles. The molecule has 4 heteroatoms. The Labute approximate surface area is 112 Å². The van der Waals surface area contributed by atoms with E-state index in [9.17, 15) is 0 Å². The van der Waals surface area contributed by atoms with E-state index >= 15 is 0 Å². The van der Waals surface area contributed by atoms with Crippen molar-refractivity contribution in [2.24, 2.45) is 10.9 Å². The Bertz CT molecular complexity index is 553. The van der Waals surface area contributed by atoms with E-state index in [1.165, 1.54) is 0 Å². The molecule has 0 aromatic heterocycles. The minimum Gasteiger partial charge on any atom is -0.493 e. The molecule has 2 aromatic rings. The molecule has 0 spiro atoms. The summed E-state index contributed by atoms with van der Waals surface area (Å²) in [6.07, 6.45) is 1.54. The Hall–Kier alpha value is -2.49. The smallest absolute Gasteiger partial charge is 0.170 e. The zero-order chi connectivity index (χ0) is 13.5. The van der Waals surface area contributed by atoms with E-state index in [0.29, 0.717) is 18.1 Å². The lowest BCUT2D eigenvalue weighted by atomic mass is 10.2. The predicted molar refractivity (Wildman–Crippen MR) is 75.5 cm³/mol. The van der Waals surface area contributed by atoms with Crippen molar-refractivity contribution in [3.63, 3.8) is 0 Å². The molecule has 2 rings (SSSR count). The number of ether oxygens (including phenoxy) is 2. The Kier molecular flexibility index (Phi) is 4.39.